The van der Waals surface area contributed by atoms with E-state index in [1.807, 2.05) is 0 Å². The zero-order valence-electron chi connectivity index (χ0n) is 9.92. The maximum absolute atomic E-state index is 11.9. The van der Waals surface area contributed by atoms with Gasteiger partial charge >= 0.3 is 0 Å². The predicted molar refractivity (Wildman–Crippen MR) is 63.1 cm³/mol. The first-order valence-electron chi connectivity index (χ1n) is 5.26. The molecule has 7 nitrogen and oxygen atoms in total. The molecule has 0 saturated carbocycles. The Morgan fingerprint density at radius 3 is 2.94 bits per heavy atom. The minimum atomic E-state index is -0.437. The summed E-state index contributed by atoms with van der Waals surface area (Å²) in [6.45, 7) is 2.13. The maximum Gasteiger partial charge on any atom is 0.273 e. The summed E-state index contributed by atoms with van der Waals surface area (Å²) in [4.78, 5) is 21.2. The number of hydrogen-bond acceptors (Lipinski definition) is 6. The van der Waals surface area contributed by atoms with Crippen molar-refractivity contribution in [1.29, 1.82) is 0 Å². The first-order chi connectivity index (χ1) is 8.04. The molecule has 7 heteroatoms. The van der Waals surface area contributed by atoms with E-state index in [1.54, 1.807) is 14.0 Å². The van der Waals surface area contributed by atoms with Gasteiger partial charge < -0.3 is 15.4 Å². The highest BCUT2D eigenvalue weighted by atomic mass is 16.3. The van der Waals surface area contributed by atoms with Crippen LogP contribution in [0.25, 0.3) is 0 Å². The Hall–Kier alpha value is -1.73. The molecule has 1 unspecified atom stereocenters. The second-order valence-corrected chi connectivity index (χ2v) is 3.80. The molecule has 1 amide bonds. The molecule has 1 heterocycles. The molecule has 0 aromatic carbocycles. The molecule has 0 aliphatic heterocycles. The Morgan fingerprint density at radius 2 is 2.35 bits per heavy atom. The van der Waals surface area contributed by atoms with Gasteiger partial charge in [-0.05, 0) is 13.3 Å². The van der Waals surface area contributed by atoms with Gasteiger partial charge in [-0.25, -0.2) is 10.8 Å². The van der Waals surface area contributed by atoms with Crippen molar-refractivity contribution in [3.8, 4) is 0 Å². The van der Waals surface area contributed by atoms with Gasteiger partial charge in [0.2, 0.25) is 0 Å². The number of rotatable bonds is 5. The number of aliphatic hydroxyl groups excluding tert-OH is 1. The number of nitrogens with two attached hydrogens (primary N) is 1. The lowest BCUT2D eigenvalue weighted by Crippen LogP contribution is -2.30. The Balaban J connectivity index is 2.67. The van der Waals surface area contributed by atoms with Crippen molar-refractivity contribution in [2.24, 2.45) is 5.84 Å². The van der Waals surface area contributed by atoms with E-state index < -0.39 is 6.10 Å². The van der Waals surface area contributed by atoms with E-state index in [0.29, 0.717) is 18.8 Å². The normalized spacial score (nSPS) is 12.0. The number of amides is 1. The van der Waals surface area contributed by atoms with Crippen LogP contribution < -0.4 is 11.3 Å². The molecule has 1 aromatic rings. The first-order valence-corrected chi connectivity index (χ1v) is 5.26. The molecule has 1 aromatic heterocycles. The zero-order chi connectivity index (χ0) is 12.8. The van der Waals surface area contributed by atoms with Crippen LogP contribution in [0.3, 0.4) is 0 Å². The van der Waals surface area contributed by atoms with E-state index in [0.717, 1.165) is 0 Å². The molecule has 0 aliphatic carbocycles. The topological polar surface area (TPSA) is 104 Å². The van der Waals surface area contributed by atoms with E-state index in [1.165, 1.54) is 17.3 Å². The summed E-state index contributed by atoms with van der Waals surface area (Å²) in [5.41, 5.74) is 2.54. The second-order valence-electron chi connectivity index (χ2n) is 3.80. The van der Waals surface area contributed by atoms with Gasteiger partial charge in [0, 0.05) is 13.6 Å². The third-order valence-corrected chi connectivity index (χ3v) is 2.23. The summed E-state index contributed by atoms with van der Waals surface area (Å²) < 4.78 is 0. The van der Waals surface area contributed by atoms with Crippen molar-refractivity contribution in [3.63, 3.8) is 0 Å². The Labute approximate surface area is 99.6 Å². The molecule has 4 N–H and O–H groups in total. The third-order valence-electron chi connectivity index (χ3n) is 2.23. The molecule has 0 bridgehead atoms. The number of hydrogen-bond donors (Lipinski definition) is 3. The standard InChI is InChI=1S/C10H17N5O2/c1-7(16)3-4-15(2)10(17)8-5-12-6-9(13-8)14-11/h5-7,16H,3-4,11H2,1-2H3,(H,13,14). The number of nitrogen functional groups attached to an aromatic ring is 1. The number of aromatic nitrogens is 2. The van der Waals surface area contributed by atoms with Gasteiger partial charge in [-0.1, -0.05) is 0 Å². The van der Waals surface area contributed by atoms with Gasteiger partial charge in [-0.15, -0.1) is 0 Å². The van der Waals surface area contributed by atoms with Crippen molar-refractivity contribution in [2.75, 3.05) is 19.0 Å². The highest BCUT2D eigenvalue weighted by molar-refractivity contribution is 5.92. The van der Waals surface area contributed by atoms with Gasteiger partial charge in [0.25, 0.3) is 5.91 Å². The van der Waals surface area contributed by atoms with Gasteiger partial charge in [0.15, 0.2) is 5.82 Å². The largest absolute Gasteiger partial charge is 0.393 e. The molecule has 0 aliphatic rings. The smallest absolute Gasteiger partial charge is 0.273 e. The van der Waals surface area contributed by atoms with Crippen molar-refractivity contribution in [2.45, 2.75) is 19.4 Å². The number of hydrazine groups is 1. The fourth-order valence-electron chi connectivity index (χ4n) is 1.22. The van der Waals surface area contributed by atoms with Crippen molar-refractivity contribution < 1.29 is 9.90 Å². The Morgan fingerprint density at radius 1 is 1.65 bits per heavy atom. The second kappa shape index (κ2) is 6.12. The van der Waals surface area contributed by atoms with Gasteiger partial charge in [-0.2, -0.15) is 0 Å². The van der Waals surface area contributed by atoms with Crippen LogP contribution in [0.15, 0.2) is 12.4 Å². The van der Waals surface area contributed by atoms with E-state index in [2.05, 4.69) is 15.4 Å². The summed E-state index contributed by atoms with van der Waals surface area (Å²) in [5.74, 6) is 5.26. The summed E-state index contributed by atoms with van der Waals surface area (Å²) in [7, 11) is 1.65. The first kappa shape index (κ1) is 13.3. The van der Waals surface area contributed by atoms with Crippen LogP contribution in [0.2, 0.25) is 0 Å². The van der Waals surface area contributed by atoms with Crippen LogP contribution in [0.5, 0.6) is 0 Å². The highest BCUT2D eigenvalue weighted by Gasteiger charge is 2.14. The van der Waals surface area contributed by atoms with E-state index in [9.17, 15) is 4.79 Å². The van der Waals surface area contributed by atoms with Crippen LogP contribution in [0.4, 0.5) is 5.82 Å². The number of nitrogens with zero attached hydrogens (tertiary/aromatic N) is 3. The molecular formula is C10H17N5O2. The minimum Gasteiger partial charge on any atom is -0.393 e. The molecule has 17 heavy (non-hydrogen) atoms. The monoisotopic (exact) mass is 239 g/mol. The zero-order valence-corrected chi connectivity index (χ0v) is 9.92. The minimum absolute atomic E-state index is 0.216. The molecule has 0 spiro atoms. The summed E-state index contributed by atoms with van der Waals surface area (Å²) >= 11 is 0. The van der Waals surface area contributed by atoms with Crippen LogP contribution >= 0.6 is 0 Å². The number of nitrogens with one attached hydrogen (secondary N) is 1. The fraction of sp³-hybridized carbons (Fsp3) is 0.500. The number of carbonyl (C=O) groups is 1. The van der Waals surface area contributed by atoms with Crippen molar-refractivity contribution in [1.82, 2.24) is 14.9 Å². The molecule has 1 atom stereocenters. The lowest BCUT2D eigenvalue weighted by molar-refractivity contribution is 0.0763. The lowest BCUT2D eigenvalue weighted by atomic mass is 10.2. The van der Waals surface area contributed by atoms with Crippen LogP contribution in [0.1, 0.15) is 23.8 Å². The fourth-order valence-corrected chi connectivity index (χ4v) is 1.22. The SMILES string of the molecule is CC(O)CCN(C)C(=O)c1cncc(NN)n1. The molecule has 0 saturated heterocycles. The summed E-state index contributed by atoms with van der Waals surface area (Å²) in [6.07, 6.45) is 2.88. The number of carbonyl (C=O) groups excluding carboxylic acids is 1. The van der Waals surface area contributed by atoms with Crippen LogP contribution in [-0.2, 0) is 0 Å². The number of anilines is 1. The van der Waals surface area contributed by atoms with Crippen LogP contribution in [0, 0.1) is 0 Å². The quantitative estimate of drug-likeness (QED) is 0.477. The van der Waals surface area contributed by atoms with E-state index in [4.69, 9.17) is 10.9 Å². The average molecular weight is 239 g/mol. The molecular weight excluding hydrogens is 222 g/mol. The van der Waals surface area contributed by atoms with Crippen LogP contribution in [-0.4, -0.2) is 45.6 Å². The van der Waals surface area contributed by atoms with E-state index >= 15 is 0 Å². The summed E-state index contributed by atoms with van der Waals surface area (Å²) in [6, 6.07) is 0. The Kier molecular flexibility index (Phi) is 4.80. The molecule has 94 valence electrons. The van der Waals surface area contributed by atoms with Crippen molar-refractivity contribution in [3.05, 3.63) is 18.1 Å². The number of aliphatic hydroxyl groups is 1. The molecule has 0 radical (unpaired) electrons. The highest BCUT2D eigenvalue weighted by Crippen LogP contribution is 2.04. The average Bonchev–Trinajstić information content (AvgIpc) is 2.35. The molecule has 0 fully saturated rings. The third kappa shape index (κ3) is 3.97. The maximum atomic E-state index is 11.9. The van der Waals surface area contributed by atoms with Gasteiger partial charge in [0.05, 0.1) is 18.5 Å². The van der Waals surface area contributed by atoms with E-state index in [-0.39, 0.29) is 11.6 Å². The summed E-state index contributed by atoms with van der Waals surface area (Å²) in [5, 5.41) is 9.14. The Bertz CT molecular complexity index is 383. The van der Waals surface area contributed by atoms with Gasteiger partial charge in [0.1, 0.15) is 5.69 Å². The molecule has 1 rings (SSSR count). The van der Waals surface area contributed by atoms with Gasteiger partial charge in [-0.3, -0.25) is 9.78 Å². The lowest BCUT2D eigenvalue weighted by Gasteiger charge is -2.17. The van der Waals surface area contributed by atoms with Crippen molar-refractivity contribution >= 4 is 11.7 Å². The predicted octanol–water partition coefficient (Wildman–Crippen LogP) is -0.395.